The summed E-state index contributed by atoms with van der Waals surface area (Å²) in [6, 6.07) is 5.18. The Bertz CT molecular complexity index is 663. The lowest BCUT2D eigenvalue weighted by atomic mass is 10.1. The third-order valence-corrected chi connectivity index (χ3v) is 3.78. The first-order chi connectivity index (χ1) is 11.8. The maximum atomic E-state index is 12.6. The van der Waals surface area contributed by atoms with Gasteiger partial charge in [0.15, 0.2) is 0 Å². The van der Waals surface area contributed by atoms with E-state index in [0.717, 1.165) is 19.4 Å². The van der Waals surface area contributed by atoms with Crippen LogP contribution in [0.4, 0.5) is 0 Å². The highest BCUT2D eigenvalue weighted by molar-refractivity contribution is 5.94. The second-order valence-electron chi connectivity index (χ2n) is 5.50. The van der Waals surface area contributed by atoms with Gasteiger partial charge in [-0.1, -0.05) is 0 Å². The van der Waals surface area contributed by atoms with E-state index in [1.807, 2.05) is 6.92 Å². The number of hydrogen-bond donors (Lipinski definition) is 0. The summed E-state index contributed by atoms with van der Waals surface area (Å²) in [5.74, 6) is 1.02. The van der Waals surface area contributed by atoms with Crippen molar-refractivity contribution in [2.45, 2.75) is 25.9 Å². The molecule has 126 valence electrons. The zero-order chi connectivity index (χ0) is 16.8. The summed E-state index contributed by atoms with van der Waals surface area (Å²) >= 11 is 0. The van der Waals surface area contributed by atoms with Gasteiger partial charge in [-0.05, 0) is 25.8 Å². The average Bonchev–Trinajstić information content (AvgIpc) is 2.63. The van der Waals surface area contributed by atoms with Gasteiger partial charge in [-0.3, -0.25) is 4.79 Å². The van der Waals surface area contributed by atoms with Crippen LogP contribution in [-0.2, 0) is 0 Å². The maximum absolute atomic E-state index is 12.6. The summed E-state index contributed by atoms with van der Waals surface area (Å²) in [5.41, 5.74) is 0.557. The van der Waals surface area contributed by atoms with Gasteiger partial charge in [-0.2, -0.15) is 0 Å². The van der Waals surface area contributed by atoms with Crippen LogP contribution in [0.1, 0.15) is 30.1 Å². The minimum absolute atomic E-state index is 0.0402. The summed E-state index contributed by atoms with van der Waals surface area (Å²) in [7, 11) is 0. The Hall–Kier alpha value is -2.70. The molecule has 0 N–H and O–H groups in total. The maximum Gasteiger partial charge on any atom is 0.255 e. The Labute approximate surface area is 140 Å². The number of piperidine rings is 1. The topological polar surface area (TPSA) is 77.4 Å². The number of aromatic nitrogens is 3. The van der Waals surface area contributed by atoms with Crippen LogP contribution < -0.4 is 9.47 Å². The van der Waals surface area contributed by atoms with E-state index in [2.05, 4.69) is 15.0 Å². The molecule has 0 bridgehead atoms. The highest BCUT2D eigenvalue weighted by Crippen LogP contribution is 2.18. The Balaban J connectivity index is 1.62. The van der Waals surface area contributed by atoms with Crippen LogP contribution in [0.5, 0.6) is 11.8 Å². The smallest absolute Gasteiger partial charge is 0.255 e. The molecule has 7 nitrogen and oxygen atoms in total. The van der Waals surface area contributed by atoms with Gasteiger partial charge in [-0.25, -0.2) is 15.0 Å². The molecule has 0 radical (unpaired) electrons. The van der Waals surface area contributed by atoms with Crippen molar-refractivity contribution >= 4 is 5.91 Å². The molecular formula is C17H20N4O3. The predicted octanol–water partition coefficient (Wildman–Crippen LogP) is 1.95. The molecule has 0 aromatic carbocycles. The Morgan fingerprint density at radius 2 is 2.21 bits per heavy atom. The summed E-state index contributed by atoms with van der Waals surface area (Å²) in [4.78, 5) is 26.5. The highest BCUT2D eigenvalue weighted by atomic mass is 16.5. The average molecular weight is 328 g/mol. The second kappa shape index (κ2) is 7.72. The Morgan fingerprint density at radius 3 is 2.92 bits per heavy atom. The van der Waals surface area contributed by atoms with Crippen LogP contribution in [0.2, 0.25) is 0 Å². The van der Waals surface area contributed by atoms with E-state index >= 15 is 0 Å². The Kier molecular flexibility index (Phi) is 5.20. The van der Waals surface area contributed by atoms with Crippen molar-refractivity contribution in [3.8, 4) is 11.8 Å². The molecule has 0 aliphatic carbocycles. The summed E-state index contributed by atoms with van der Waals surface area (Å²) in [6.07, 6.45) is 6.38. The normalized spacial score (nSPS) is 17.4. The fourth-order valence-electron chi connectivity index (χ4n) is 2.66. The zero-order valence-electron chi connectivity index (χ0n) is 13.6. The predicted molar refractivity (Wildman–Crippen MR) is 87.0 cm³/mol. The molecule has 0 saturated carbocycles. The molecule has 2 aromatic heterocycles. The van der Waals surface area contributed by atoms with Gasteiger partial charge in [0, 0.05) is 31.1 Å². The fourth-order valence-corrected chi connectivity index (χ4v) is 2.66. The van der Waals surface area contributed by atoms with E-state index < -0.39 is 0 Å². The first kappa shape index (κ1) is 16.2. The van der Waals surface area contributed by atoms with Crippen molar-refractivity contribution in [1.82, 2.24) is 19.9 Å². The molecule has 1 fully saturated rings. The lowest BCUT2D eigenvalue weighted by molar-refractivity contribution is 0.0527. The molecule has 1 atom stereocenters. The highest BCUT2D eigenvalue weighted by Gasteiger charge is 2.26. The number of hydrogen-bond acceptors (Lipinski definition) is 6. The standard InChI is InChI=1S/C17H20N4O3/c1-2-23-15-6-5-13(10-19-15)17(22)21-9-3-4-14(11-21)24-16-7-8-18-12-20-16/h5-8,10,12,14H,2-4,9,11H2,1H3. The van der Waals surface area contributed by atoms with Gasteiger partial charge in [0.2, 0.25) is 11.8 Å². The largest absolute Gasteiger partial charge is 0.478 e. The van der Waals surface area contributed by atoms with Gasteiger partial charge in [0.05, 0.1) is 18.7 Å². The van der Waals surface area contributed by atoms with Gasteiger partial charge in [0.1, 0.15) is 12.4 Å². The molecule has 7 heteroatoms. The number of amides is 1. The molecule has 3 heterocycles. The van der Waals surface area contributed by atoms with Crippen molar-refractivity contribution in [3.05, 3.63) is 42.5 Å². The van der Waals surface area contributed by atoms with E-state index in [9.17, 15) is 4.79 Å². The first-order valence-electron chi connectivity index (χ1n) is 8.07. The van der Waals surface area contributed by atoms with E-state index in [-0.39, 0.29) is 12.0 Å². The van der Waals surface area contributed by atoms with Gasteiger partial charge in [-0.15, -0.1) is 0 Å². The molecule has 2 aromatic rings. The van der Waals surface area contributed by atoms with Crippen LogP contribution in [-0.4, -0.2) is 51.6 Å². The molecular weight excluding hydrogens is 308 g/mol. The third kappa shape index (κ3) is 3.98. The minimum atomic E-state index is -0.0618. The number of rotatable bonds is 5. The second-order valence-corrected chi connectivity index (χ2v) is 5.50. The number of carbonyl (C=O) groups is 1. The van der Waals surface area contributed by atoms with Gasteiger partial charge in [0.25, 0.3) is 5.91 Å². The van der Waals surface area contributed by atoms with Crippen molar-refractivity contribution in [1.29, 1.82) is 0 Å². The van der Waals surface area contributed by atoms with Crippen molar-refractivity contribution in [2.24, 2.45) is 0 Å². The summed E-state index contributed by atoms with van der Waals surface area (Å²) < 4.78 is 11.1. The first-order valence-corrected chi connectivity index (χ1v) is 8.07. The van der Waals surface area contributed by atoms with Crippen LogP contribution >= 0.6 is 0 Å². The van der Waals surface area contributed by atoms with Crippen molar-refractivity contribution < 1.29 is 14.3 Å². The SMILES string of the molecule is CCOc1ccc(C(=O)N2CCCC(Oc3ccncn3)C2)cn1. The number of ether oxygens (including phenoxy) is 2. The van der Waals surface area contributed by atoms with E-state index in [1.165, 1.54) is 6.33 Å². The molecule has 0 spiro atoms. The number of likely N-dealkylation sites (tertiary alicyclic amines) is 1. The summed E-state index contributed by atoms with van der Waals surface area (Å²) in [6.45, 7) is 3.70. The number of carbonyl (C=O) groups excluding carboxylic acids is 1. The molecule has 3 rings (SSSR count). The number of nitrogens with zero attached hydrogens (tertiary/aromatic N) is 4. The third-order valence-electron chi connectivity index (χ3n) is 3.78. The zero-order valence-corrected chi connectivity index (χ0v) is 13.6. The fraction of sp³-hybridized carbons (Fsp3) is 0.412. The van der Waals surface area contributed by atoms with E-state index in [4.69, 9.17) is 9.47 Å². The van der Waals surface area contributed by atoms with E-state index in [1.54, 1.807) is 35.5 Å². The van der Waals surface area contributed by atoms with Crippen LogP contribution in [0, 0.1) is 0 Å². The molecule has 1 saturated heterocycles. The lowest BCUT2D eigenvalue weighted by Crippen LogP contribution is -2.44. The van der Waals surface area contributed by atoms with Crippen LogP contribution in [0.15, 0.2) is 36.9 Å². The lowest BCUT2D eigenvalue weighted by Gasteiger charge is -2.32. The quantitative estimate of drug-likeness (QED) is 0.835. The monoisotopic (exact) mass is 328 g/mol. The molecule has 1 unspecified atom stereocenters. The van der Waals surface area contributed by atoms with Gasteiger partial charge < -0.3 is 14.4 Å². The molecule has 1 aliphatic heterocycles. The molecule has 1 aliphatic rings. The summed E-state index contributed by atoms with van der Waals surface area (Å²) in [5, 5.41) is 0. The van der Waals surface area contributed by atoms with Crippen molar-refractivity contribution in [2.75, 3.05) is 19.7 Å². The molecule has 1 amide bonds. The van der Waals surface area contributed by atoms with Crippen LogP contribution in [0.25, 0.3) is 0 Å². The number of pyridine rings is 1. The minimum Gasteiger partial charge on any atom is -0.478 e. The van der Waals surface area contributed by atoms with E-state index in [0.29, 0.717) is 30.5 Å². The Morgan fingerprint density at radius 1 is 1.29 bits per heavy atom. The molecule has 24 heavy (non-hydrogen) atoms. The van der Waals surface area contributed by atoms with Gasteiger partial charge >= 0.3 is 0 Å². The van der Waals surface area contributed by atoms with Crippen molar-refractivity contribution in [3.63, 3.8) is 0 Å². The van der Waals surface area contributed by atoms with Crippen LogP contribution in [0.3, 0.4) is 0 Å².